The highest BCUT2D eigenvalue weighted by Crippen LogP contribution is 2.19. The van der Waals surface area contributed by atoms with Crippen molar-refractivity contribution < 1.29 is 9.53 Å². The molecule has 3 rings (SSSR count). The number of nitrogens with one attached hydrogen (secondary N) is 1. The minimum atomic E-state index is -0.246. The summed E-state index contributed by atoms with van der Waals surface area (Å²) in [7, 11) is 0. The lowest BCUT2D eigenvalue weighted by molar-refractivity contribution is 0.0955. The third-order valence-corrected chi connectivity index (χ3v) is 4.82. The van der Waals surface area contributed by atoms with E-state index >= 15 is 0 Å². The van der Waals surface area contributed by atoms with Gasteiger partial charge in [0.1, 0.15) is 5.75 Å². The van der Waals surface area contributed by atoms with E-state index in [1.54, 1.807) is 12.1 Å². The lowest BCUT2D eigenvalue weighted by atomic mass is 10.0. The number of carbonyl (C=O) groups excluding carboxylic acids is 1. The van der Waals surface area contributed by atoms with Crippen LogP contribution in [0.4, 0.5) is 0 Å². The molecular weight excluding hydrogens is 372 g/mol. The molecule has 0 atom stereocenters. The summed E-state index contributed by atoms with van der Waals surface area (Å²) in [5, 5.41) is 4.25. The lowest BCUT2D eigenvalue weighted by Crippen LogP contribution is -2.19. The normalized spacial score (nSPS) is 11.4. The number of ether oxygens (including phenoxy) is 1. The smallest absolute Gasteiger partial charge is 0.271 e. The number of hydrogen-bond acceptors (Lipinski definition) is 3. The number of carbonyl (C=O) groups is 1. The summed E-state index contributed by atoms with van der Waals surface area (Å²) in [6, 6.07) is 25.5. The van der Waals surface area contributed by atoms with E-state index in [4.69, 9.17) is 4.74 Å². The Morgan fingerprint density at radius 2 is 1.47 bits per heavy atom. The van der Waals surface area contributed by atoms with Crippen LogP contribution in [-0.4, -0.2) is 18.2 Å². The molecule has 4 nitrogen and oxygen atoms in total. The molecule has 0 heterocycles. The van der Waals surface area contributed by atoms with Crippen LogP contribution in [0.2, 0.25) is 0 Å². The zero-order valence-electron chi connectivity index (χ0n) is 17.8. The first-order valence-corrected chi connectivity index (χ1v) is 10.3. The summed E-state index contributed by atoms with van der Waals surface area (Å²) in [5.41, 5.74) is 7.20. The van der Waals surface area contributed by atoms with E-state index in [9.17, 15) is 4.79 Å². The molecular formula is C26H28N2O2. The molecule has 0 aliphatic heterocycles. The highest BCUT2D eigenvalue weighted by molar-refractivity contribution is 6.01. The van der Waals surface area contributed by atoms with Crippen LogP contribution in [0.1, 0.15) is 43.1 Å². The fraction of sp³-hybridized carbons (Fsp3) is 0.231. The standard InChI is InChI=1S/C26H28N2O2/c1-19(2)17-18-30-25-15-13-24(14-16-25)26(29)28-27-20(3)21-9-11-23(12-10-21)22-7-5-4-6-8-22/h4-16,19H,17-18H2,1-3H3,(H,28,29)/b27-20+. The summed E-state index contributed by atoms with van der Waals surface area (Å²) < 4.78 is 5.69. The zero-order valence-corrected chi connectivity index (χ0v) is 17.8. The van der Waals surface area contributed by atoms with Crippen molar-refractivity contribution in [3.05, 3.63) is 90.0 Å². The van der Waals surface area contributed by atoms with Gasteiger partial charge in [-0.15, -0.1) is 0 Å². The maximum absolute atomic E-state index is 12.4. The molecule has 30 heavy (non-hydrogen) atoms. The molecule has 0 unspecified atom stereocenters. The van der Waals surface area contributed by atoms with Crippen molar-refractivity contribution in [3.8, 4) is 16.9 Å². The molecule has 0 aliphatic carbocycles. The van der Waals surface area contributed by atoms with Gasteiger partial charge in [-0.2, -0.15) is 5.10 Å². The Kier molecular flexibility index (Phi) is 7.39. The molecule has 3 aromatic rings. The van der Waals surface area contributed by atoms with Crippen LogP contribution in [-0.2, 0) is 0 Å². The second-order valence-corrected chi connectivity index (χ2v) is 7.64. The van der Waals surface area contributed by atoms with Gasteiger partial charge in [0.2, 0.25) is 0 Å². The van der Waals surface area contributed by atoms with Crippen LogP contribution in [0.15, 0.2) is 84.0 Å². The van der Waals surface area contributed by atoms with Crippen molar-refractivity contribution in [2.45, 2.75) is 27.2 Å². The van der Waals surface area contributed by atoms with Crippen molar-refractivity contribution in [2.75, 3.05) is 6.61 Å². The fourth-order valence-electron chi connectivity index (χ4n) is 2.91. The van der Waals surface area contributed by atoms with Gasteiger partial charge in [0.05, 0.1) is 12.3 Å². The van der Waals surface area contributed by atoms with Crippen molar-refractivity contribution in [1.29, 1.82) is 0 Å². The van der Waals surface area contributed by atoms with E-state index in [1.165, 1.54) is 5.56 Å². The van der Waals surface area contributed by atoms with E-state index in [0.717, 1.165) is 29.0 Å². The number of rotatable bonds is 8. The summed E-state index contributed by atoms with van der Waals surface area (Å²) in [6.07, 6.45) is 1.00. The van der Waals surface area contributed by atoms with Crippen molar-refractivity contribution in [3.63, 3.8) is 0 Å². The Hall–Kier alpha value is -3.40. The molecule has 0 saturated carbocycles. The van der Waals surface area contributed by atoms with Crippen molar-refractivity contribution >= 4 is 11.6 Å². The third-order valence-electron chi connectivity index (χ3n) is 4.82. The largest absolute Gasteiger partial charge is 0.494 e. The molecule has 0 fully saturated rings. The van der Waals surface area contributed by atoms with Crippen molar-refractivity contribution in [1.82, 2.24) is 5.43 Å². The zero-order chi connectivity index (χ0) is 21.3. The minimum Gasteiger partial charge on any atom is -0.494 e. The SMILES string of the molecule is C/C(=N\NC(=O)c1ccc(OCCC(C)C)cc1)c1ccc(-c2ccccc2)cc1. The highest BCUT2D eigenvalue weighted by atomic mass is 16.5. The second-order valence-electron chi connectivity index (χ2n) is 7.64. The lowest BCUT2D eigenvalue weighted by Gasteiger charge is -2.08. The Bertz CT molecular complexity index is 976. The average Bonchev–Trinajstić information content (AvgIpc) is 2.78. The maximum Gasteiger partial charge on any atom is 0.271 e. The predicted molar refractivity (Wildman–Crippen MR) is 123 cm³/mol. The molecule has 3 aromatic carbocycles. The summed E-state index contributed by atoms with van der Waals surface area (Å²) in [4.78, 5) is 12.4. The highest BCUT2D eigenvalue weighted by Gasteiger charge is 2.06. The first kappa shape index (κ1) is 21.3. The Morgan fingerprint density at radius 3 is 2.10 bits per heavy atom. The molecule has 0 radical (unpaired) electrons. The summed E-state index contributed by atoms with van der Waals surface area (Å²) >= 11 is 0. The van der Waals surface area contributed by atoms with E-state index in [-0.39, 0.29) is 5.91 Å². The molecule has 0 aliphatic rings. The number of hydrazone groups is 1. The second kappa shape index (κ2) is 10.4. The fourth-order valence-corrected chi connectivity index (χ4v) is 2.91. The van der Waals surface area contributed by atoms with E-state index < -0.39 is 0 Å². The predicted octanol–water partition coefficient (Wildman–Crippen LogP) is 5.93. The van der Waals surface area contributed by atoms with Gasteiger partial charge in [0.15, 0.2) is 0 Å². The summed E-state index contributed by atoms with van der Waals surface area (Å²) in [6.45, 7) is 6.88. The van der Waals surface area contributed by atoms with Crippen LogP contribution < -0.4 is 10.2 Å². The number of amides is 1. The molecule has 0 aromatic heterocycles. The van der Waals surface area contributed by atoms with Crippen LogP contribution in [0.5, 0.6) is 5.75 Å². The van der Waals surface area contributed by atoms with Crippen LogP contribution in [0.25, 0.3) is 11.1 Å². The average molecular weight is 401 g/mol. The van der Waals surface area contributed by atoms with Crippen LogP contribution in [0.3, 0.4) is 0 Å². The molecule has 0 spiro atoms. The maximum atomic E-state index is 12.4. The van der Waals surface area contributed by atoms with Gasteiger partial charge < -0.3 is 4.74 Å². The third kappa shape index (κ3) is 6.05. The molecule has 0 bridgehead atoms. The first-order valence-electron chi connectivity index (χ1n) is 10.3. The first-order chi connectivity index (χ1) is 14.5. The molecule has 154 valence electrons. The quantitative estimate of drug-likeness (QED) is 0.376. The van der Waals surface area contributed by atoms with Gasteiger partial charge in [0, 0.05) is 5.56 Å². The van der Waals surface area contributed by atoms with Gasteiger partial charge in [-0.3, -0.25) is 4.79 Å². The Balaban J connectivity index is 1.57. The molecule has 1 N–H and O–H groups in total. The van der Waals surface area contributed by atoms with E-state index in [0.29, 0.717) is 18.1 Å². The monoisotopic (exact) mass is 400 g/mol. The van der Waals surface area contributed by atoms with Gasteiger partial charge >= 0.3 is 0 Å². The number of benzene rings is 3. The van der Waals surface area contributed by atoms with Crippen LogP contribution >= 0.6 is 0 Å². The Labute approximate surface area is 178 Å². The van der Waals surface area contributed by atoms with Crippen molar-refractivity contribution in [2.24, 2.45) is 11.0 Å². The van der Waals surface area contributed by atoms with E-state index in [2.05, 4.69) is 48.6 Å². The molecule has 0 saturated heterocycles. The number of hydrogen-bond donors (Lipinski definition) is 1. The topological polar surface area (TPSA) is 50.7 Å². The number of nitrogens with zero attached hydrogens (tertiary/aromatic N) is 1. The van der Waals surface area contributed by atoms with Gasteiger partial charge in [-0.25, -0.2) is 5.43 Å². The Morgan fingerprint density at radius 1 is 0.867 bits per heavy atom. The van der Waals surface area contributed by atoms with E-state index in [1.807, 2.05) is 49.4 Å². The molecule has 4 heteroatoms. The summed E-state index contributed by atoms with van der Waals surface area (Å²) in [5.74, 6) is 1.13. The van der Waals surface area contributed by atoms with Gasteiger partial charge in [-0.05, 0) is 60.2 Å². The molecule has 1 amide bonds. The van der Waals surface area contributed by atoms with Gasteiger partial charge in [-0.1, -0.05) is 68.4 Å². The van der Waals surface area contributed by atoms with Crippen LogP contribution in [0, 0.1) is 5.92 Å². The minimum absolute atomic E-state index is 0.246. The van der Waals surface area contributed by atoms with Gasteiger partial charge in [0.25, 0.3) is 5.91 Å².